The van der Waals surface area contributed by atoms with Gasteiger partial charge in [0.1, 0.15) is 5.60 Å². The fraction of sp³-hybridized carbons (Fsp3) is 0.857. The monoisotopic (exact) mass is 286 g/mol. The molecule has 1 saturated heterocycles. The molecule has 0 aromatic heterocycles. The number of hydrogen-bond acceptors (Lipinski definition) is 5. The van der Waals surface area contributed by atoms with E-state index < -0.39 is 5.60 Å². The molecule has 116 valence electrons. The Labute approximate surface area is 120 Å². The van der Waals surface area contributed by atoms with Crippen LogP contribution in [0.3, 0.4) is 0 Å². The summed E-state index contributed by atoms with van der Waals surface area (Å²) in [5.41, 5.74) is -0.466. The quantitative estimate of drug-likeness (QED) is 0.748. The molecule has 0 radical (unpaired) electrons. The number of carbonyl (C=O) groups is 2. The molecule has 0 spiro atoms. The Kier molecular flexibility index (Phi) is 6.42. The maximum atomic E-state index is 12.1. The number of esters is 1. The summed E-state index contributed by atoms with van der Waals surface area (Å²) in [6.45, 7) is 10.2. The molecule has 0 aliphatic carbocycles. The molecule has 1 rings (SSSR count). The second-order valence-electron chi connectivity index (χ2n) is 5.95. The van der Waals surface area contributed by atoms with E-state index in [0.717, 1.165) is 0 Å². The van der Waals surface area contributed by atoms with Crippen molar-refractivity contribution >= 4 is 11.9 Å². The van der Waals surface area contributed by atoms with Crippen LogP contribution in [0, 0.1) is 0 Å². The summed E-state index contributed by atoms with van der Waals surface area (Å²) in [5, 5.41) is 3.06. The van der Waals surface area contributed by atoms with Gasteiger partial charge in [0.2, 0.25) is 5.91 Å². The van der Waals surface area contributed by atoms with Gasteiger partial charge in [-0.15, -0.1) is 0 Å². The van der Waals surface area contributed by atoms with Gasteiger partial charge < -0.3 is 19.7 Å². The highest BCUT2D eigenvalue weighted by Crippen LogP contribution is 2.08. The summed E-state index contributed by atoms with van der Waals surface area (Å²) in [6.07, 6.45) is 0.262. The van der Waals surface area contributed by atoms with E-state index in [9.17, 15) is 9.59 Å². The van der Waals surface area contributed by atoms with Crippen molar-refractivity contribution in [1.29, 1.82) is 0 Å². The van der Waals surface area contributed by atoms with Crippen molar-refractivity contribution < 1.29 is 19.1 Å². The van der Waals surface area contributed by atoms with Crippen LogP contribution in [0.1, 0.15) is 34.1 Å². The smallest absolute Gasteiger partial charge is 0.307 e. The fourth-order valence-electron chi connectivity index (χ4n) is 1.93. The third-order valence-electron chi connectivity index (χ3n) is 2.89. The number of morpholine rings is 1. The van der Waals surface area contributed by atoms with Crippen molar-refractivity contribution in [3.05, 3.63) is 0 Å². The lowest BCUT2D eigenvalue weighted by molar-refractivity contribution is -0.154. The van der Waals surface area contributed by atoms with Crippen molar-refractivity contribution in [2.45, 2.75) is 45.8 Å². The van der Waals surface area contributed by atoms with Gasteiger partial charge in [0.25, 0.3) is 0 Å². The number of nitrogens with one attached hydrogen (secondary N) is 1. The lowest BCUT2D eigenvalue weighted by Crippen LogP contribution is -2.49. The lowest BCUT2D eigenvalue weighted by Gasteiger charge is -2.29. The molecule has 0 aromatic carbocycles. The first-order valence-corrected chi connectivity index (χ1v) is 7.11. The first-order valence-electron chi connectivity index (χ1n) is 7.11. The lowest BCUT2D eigenvalue weighted by atomic mass is 10.2. The zero-order valence-electron chi connectivity index (χ0n) is 12.9. The van der Waals surface area contributed by atoms with Gasteiger partial charge in [-0.1, -0.05) is 0 Å². The number of ether oxygens (including phenoxy) is 2. The number of nitrogens with zero attached hydrogens (tertiary/aromatic N) is 1. The molecule has 1 aliphatic heterocycles. The molecule has 1 aliphatic rings. The van der Waals surface area contributed by atoms with Gasteiger partial charge in [-0.05, 0) is 27.7 Å². The molecule has 0 saturated carbocycles. The first kappa shape index (κ1) is 16.9. The van der Waals surface area contributed by atoms with Gasteiger partial charge in [0.05, 0.1) is 25.7 Å². The maximum Gasteiger partial charge on any atom is 0.307 e. The van der Waals surface area contributed by atoms with E-state index in [-0.39, 0.29) is 24.3 Å². The average Bonchev–Trinajstić information content (AvgIpc) is 2.36. The van der Waals surface area contributed by atoms with Crippen LogP contribution in [0.25, 0.3) is 0 Å². The molecule has 20 heavy (non-hydrogen) atoms. The third-order valence-corrected chi connectivity index (χ3v) is 2.89. The van der Waals surface area contributed by atoms with Crippen LogP contribution < -0.4 is 5.32 Å². The predicted octanol–water partition coefficient (Wildman–Crippen LogP) is 0.555. The van der Waals surface area contributed by atoms with E-state index in [1.807, 2.05) is 27.7 Å². The van der Waals surface area contributed by atoms with Crippen molar-refractivity contribution in [1.82, 2.24) is 10.2 Å². The number of hydrogen-bond donors (Lipinski definition) is 1. The molecule has 6 heteroatoms. The van der Waals surface area contributed by atoms with Gasteiger partial charge in [0, 0.05) is 19.6 Å². The topological polar surface area (TPSA) is 67.9 Å². The van der Waals surface area contributed by atoms with Gasteiger partial charge >= 0.3 is 5.97 Å². The molecule has 1 N–H and O–H groups in total. The predicted molar refractivity (Wildman–Crippen MR) is 75.3 cm³/mol. The SMILES string of the molecule is CC(NCCC(=O)OC(C)(C)C)C(=O)N1CCOCC1. The summed E-state index contributed by atoms with van der Waals surface area (Å²) in [6, 6.07) is -0.296. The largest absolute Gasteiger partial charge is 0.460 e. The molecule has 1 heterocycles. The van der Waals surface area contributed by atoms with Crippen LogP contribution in [0.4, 0.5) is 0 Å². The molecule has 1 unspecified atom stereocenters. The minimum absolute atomic E-state index is 0.0532. The highest BCUT2D eigenvalue weighted by atomic mass is 16.6. The minimum Gasteiger partial charge on any atom is -0.460 e. The molecule has 1 fully saturated rings. The first-order chi connectivity index (χ1) is 9.29. The highest BCUT2D eigenvalue weighted by Gasteiger charge is 2.22. The fourth-order valence-corrected chi connectivity index (χ4v) is 1.93. The zero-order valence-corrected chi connectivity index (χ0v) is 12.9. The van der Waals surface area contributed by atoms with E-state index in [1.165, 1.54) is 0 Å². The average molecular weight is 286 g/mol. The summed E-state index contributed by atoms with van der Waals surface area (Å²) < 4.78 is 10.4. The number of rotatable bonds is 5. The zero-order chi connectivity index (χ0) is 15.2. The van der Waals surface area contributed by atoms with Gasteiger partial charge in [-0.2, -0.15) is 0 Å². The van der Waals surface area contributed by atoms with E-state index in [0.29, 0.717) is 32.8 Å². The Hall–Kier alpha value is -1.14. The van der Waals surface area contributed by atoms with E-state index in [1.54, 1.807) is 4.90 Å². The molecular formula is C14H26N2O4. The Morgan fingerprint density at radius 3 is 2.45 bits per heavy atom. The molecule has 1 atom stereocenters. The van der Waals surface area contributed by atoms with Crippen LogP contribution in [0.2, 0.25) is 0 Å². The number of amides is 1. The standard InChI is InChI=1S/C14H26N2O4/c1-11(13(18)16-7-9-19-10-8-16)15-6-5-12(17)20-14(2,3)4/h11,15H,5-10H2,1-4H3. The molecular weight excluding hydrogens is 260 g/mol. The van der Waals surface area contributed by atoms with Crippen molar-refractivity contribution in [3.63, 3.8) is 0 Å². The van der Waals surface area contributed by atoms with Gasteiger partial charge in [0.15, 0.2) is 0 Å². The van der Waals surface area contributed by atoms with Crippen LogP contribution in [0.15, 0.2) is 0 Å². The molecule has 0 bridgehead atoms. The summed E-state index contributed by atoms with van der Waals surface area (Å²) in [5.74, 6) is -0.200. The molecule has 6 nitrogen and oxygen atoms in total. The van der Waals surface area contributed by atoms with Crippen molar-refractivity contribution in [2.24, 2.45) is 0 Å². The third kappa shape index (κ3) is 6.34. The van der Waals surface area contributed by atoms with Gasteiger partial charge in [-0.25, -0.2) is 0 Å². The van der Waals surface area contributed by atoms with Crippen molar-refractivity contribution in [2.75, 3.05) is 32.8 Å². The van der Waals surface area contributed by atoms with E-state index in [4.69, 9.17) is 9.47 Å². The summed E-state index contributed by atoms with van der Waals surface area (Å²) in [7, 11) is 0. The van der Waals surface area contributed by atoms with Crippen LogP contribution >= 0.6 is 0 Å². The second kappa shape index (κ2) is 7.59. The summed E-state index contributed by atoms with van der Waals surface area (Å²) >= 11 is 0. The molecule has 1 amide bonds. The maximum absolute atomic E-state index is 12.1. The second-order valence-corrected chi connectivity index (χ2v) is 5.95. The Morgan fingerprint density at radius 2 is 1.90 bits per heavy atom. The normalized spacial score (nSPS) is 17.7. The Morgan fingerprint density at radius 1 is 1.30 bits per heavy atom. The van der Waals surface area contributed by atoms with Gasteiger partial charge in [-0.3, -0.25) is 9.59 Å². The Balaban J connectivity index is 2.23. The van der Waals surface area contributed by atoms with Crippen LogP contribution in [-0.2, 0) is 19.1 Å². The van der Waals surface area contributed by atoms with Crippen LogP contribution in [-0.4, -0.2) is 61.3 Å². The number of carbonyl (C=O) groups excluding carboxylic acids is 2. The van der Waals surface area contributed by atoms with Crippen LogP contribution in [0.5, 0.6) is 0 Å². The highest BCUT2D eigenvalue weighted by molar-refractivity contribution is 5.81. The Bertz CT molecular complexity index is 333. The van der Waals surface area contributed by atoms with Crippen molar-refractivity contribution in [3.8, 4) is 0 Å². The summed E-state index contributed by atoms with van der Waals surface area (Å²) in [4.78, 5) is 25.4. The van der Waals surface area contributed by atoms with E-state index in [2.05, 4.69) is 5.32 Å². The molecule has 0 aromatic rings. The van der Waals surface area contributed by atoms with E-state index >= 15 is 0 Å². The minimum atomic E-state index is -0.466.